The molecule has 2 aromatic carbocycles. The van der Waals surface area contributed by atoms with Crippen LogP contribution in [0.5, 0.6) is 0 Å². The van der Waals surface area contributed by atoms with E-state index in [2.05, 4.69) is 15.6 Å². The Balaban J connectivity index is 2.18. The van der Waals surface area contributed by atoms with Gasteiger partial charge in [-0.1, -0.05) is 6.07 Å². The van der Waals surface area contributed by atoms with Crippen molar-refractivity contribution in [1.82, 2.24) is 10.6 Å². The first-order chi connectivity index (χ1) is 13.2. The van der Waals surface area contributed by atoms with Crippen LogP contribution in [-0.2, 0) is 19.3 Å². The smallest absolute Gasteiger partial charge is 0.357 e. The fraction of sp³-hybridized carbons (Fsp3) is 0.263. The molecule has 2 N–H and O–H groups in total. The van der Waals surface area contributed by atoms with Crippen LogP contribution < -0.4 is 10.6 Å². The van der Waals surface area contributed by atoms with Crippen LogP contribution in [0.3, 0.4) is 0 Å². The lowest BCUT2D eigenvalue weighted by Gasteiger charge is -2.16. The van der Waals surface area contributed by atoms with Crippen molar-refractivity contribution < 1.29 is 22.0 Å². The summed E-state index contributed by atoms with van der Waals surface area (Å²) in [6.07, 6.45) is -4.70. The summed E-state index contributed by atoms with van der Waals surface area (Å²) in [5.41, 5.74) is -0.791. The topological polar surface area (TPSA) is 60.2 Å². The molecule has 0 aliphatic rings. The average Bonchev–Trinajstić information content (AvgIpc) is 2.65. The molecule has 0 radical (unpaired) electrons. The Kier molecular flexibility index (Phi) is 6.93. The average molecular weight is 396 g/mol. The highest BCUT2D eigenvalue weighted by Crippen LogP contribution is 2.32. The zero-order valence-electron chi connectivity index (χ0n) is 14.9. The number of nitriles is 1. The van der Waals surface area contributed by atoms with E-state index in [1.807, 2.05) is 6.07 Å². The first-order valence-electron chi connectivity index (χ1n) is 8.31. The third-order valence-corrected chi connectivity index (χ3v) is 3.75. The molecule has 0 aromatic heterocycles. The minimum absolute atomic E-state index is 0.119. The van der Waals surface area contributed by atoms with E-state index < -0.39 is 23.4 Å². The molecule has 0 unspecified atom stereocenters. The summed E-state index contributed by atoms with van der Waals surface area (Å²) < 4.78 is 66.3. The predicted molar refractivity (Wildman–Crippen MR) is 94.2 cm³/mol. The van der Waals surface area contributed by atoms with Crippen LogP contribution in [0, 0.1) is 23.0 Å². The van der Waals surface area contributed by atoms with Crippen molar-refractivity contribution in [3.05, 3.63) is 70.3 Å². The van der Waals surface area contributed by atoms with Crippen LogP contribution >= 0.6 is 0 Å². The molecule has 2 rings (SSSR count). The van der Waals surface area contributed by atoms with Crippen molar-refractivity contribution in [3.63, 3.8) is 0 Å². The second-order valence-electron chi connectivity index (χ2n) is 5.77. The number of hydrogen-bond donors (Lipinski definition) is 2. The number of alkyl halides is 3. The van der Waals surface area contributed by atoms with Gasteiger partial charge in [0.2, 0.25) is 0 Å². The highest BCUT2D eigenvalue weighted by atomic mass is 19.4. The molecule has 0 aliphatic carbocycles. The molecule has 0 bridgehead atoms. The Morgan fingerprint density at radius 3 is 2.46 bits per heavy atom. The summed E-state index contributed by atoms with van der Waals surface area (Å²) >= 11 is 0. The van der Waals surface area contributed by atoms with Crippen molar-refractivity contribution in [2.45, 2.75) is 26.2 Å². The Morgan fingerprint density at radius 2 is 1.82 bits per heavy atom. The fourth-order valence-electron chi connectivity index (χ4n) is 2.42. The molecule has 28 heavy (non-hydrogen) atoms. The first-order valence-corrected chi connectivity index (χ1v) is 8.31. The third-order valence-electron chi connectivity index (χ3n) is 3.75. The molecular formula is C19H17F5N4. The zero-order chi connectivity index (χ0) is 20.7. The van der Waals surface area contributed by atoms with Crippen LogP contribution in [0.2, 0.25) is 0 Å². The van der Waals surface area contributed by atoms with Crippen LogP contribution in [0.4, 0.5) is 22.0 Å². The Morgan fingerprint density at radius 1 is 1.07 bits per heavy atom. The number of rotatable bonds is 5. The van der Waals surface area contributed by atoms with Crippen LogP contribution in [-0.4, -0.2) is 12.5 Å². The van der Waals surface area contributed by atoms with E-state index in [-0.39, 0.29) is 35.7 Å². The SMILES string of the molecule is CCNC(=NCc1cc(C#N)ccc1F)NCc1ccc(F)cc1C(F)(F)F. The Labute approximate surface area is 158 Å². The molecule has 0 saturated carbocycles. The lowest BCUT2D eigenvalue weighted by Crippen LogP contribution is -2.37. The van der Waals surface area contributed by atoms with Gasteiger partial charge in [0, 0.05) is 18.7 Å². The molecule has 0 saturated heterocycles. The van der Waals surface area contributed by atoms with E-state index in [1.54, 1.807) is 6.92 Å². The van der Waals surface area contributed by atoms with E-state index in [9.17, 15) is 22.0 Å². The molecule has 148 valence electrons. The van der Waals surface area contributed by atoms with Gasteiger partial charge in [-0.3, -0.25) is 0 Å². The molecule has 2 aromatic rings. The van der Waals surface area contributed by atoms with E-state index >= 15 is 0 Å². The maximum atomic E-state index is 13.8. The number of guanidine groups is 1. The summed E-state index contributed by atoms with van der Waals surface area (Å²) in [5, 5.41) is 14.4. The maximum absolute atomic E-state index is 13.8. The number of nitrogens with zero attached hydrogens (tertiary/aromatic N) is 2. The predicted octanol–water partition coefficient (Wildman–Crippen LogP) is 4.11. The number of hydrogen-bond acceptors (Lipinski definition) is 2. The third kappa shape index (κ3) is 5.67. The van der Waals surface area contributed by atoms with Gasteiger partial charge in [-0.15, -0.1) is 0 Å². The number of nitrogens with one attached hydrogen (secondary N) is 2. The van der Waals surface area contributed by atoms with E-state index in [0.29, 0.717) is 12.6 Å². The summed E-state index contributed by atoms with van der Waals surface area (Å²) in [6.45, 7) is 1.79. The second kappa shape index (κ2) is 9.17. The van der Waals surface area contributed by atoms with Gasteiger partial charge in [-0.25, -0.2) is 13.8 Å². The molecule has 4 nitrogen and oxygen atoms in total. The minimum atomic E-state index is -4.70. The van der Waals surface area contributed by atoms with Crippen molar-refractivity contribution >= 4 is 5.96 Å². The number of aliphatic imine (C=N–C) groups is 1. The van der Waals surface area contributed by atoms with Crippen molar-refractivity contribution in [3.8, 4) is 6.07 Å². The molecule has 0 aliphatic heterocycles. The maximum Gasteiger partial charge on any atom is 0.416 e. The molecule has 0 amide bonds. The van der Waals surface area contributed by atoms with Crippen LogP contribution in [0.25, 0.3) is 0 Å². The van der Waals surface area contributed by atoms with Gasteiger partial charge >= 0.3 is 6.18 Å². The van der Waals surface area contributed by atoms with Gasteiger partial charge < -0.3 is 10.6 Å². The molecular weight excluding hydrogens is 379 g/mol. The molecule has 0 spiro atoms. The van der Waals surface area contributed by atoms with Crippen molar-refractivity contribution in [2.24, 2.45) is 4.99 Å². The summed E-state index contributed by atoms with van der Waals surface area (Å²) in [7, 11) is 0. The fourth-order valence-corrected chi connectivity index (χ4v) is 2.42. The summed E-state index contributed by atoms with van der Waals surface area (Å²) in [6, 6.07) is 8.15. The van der Waals surface area contributed by atoms with Gasteiger partial charge in [0.25, 0.3) is 0 Å². The van der Waals surface area contributed by atoms with Crippen LogP contribution in [0.1, 0.15) is 29.2 Å². The van der Waals surface area contributed by atoms with Crippen molar-refractivity contribution in [1.29, 1.82) is 5.26 Å². The highest BCUT2D eigenvalue weighted by molar-refractivity contribution is 5.79. The van der Waals surface area contributed by atoms with Gasteiger partial charge in [-0.2, -0.15) is 18.4 Å². The van der Waals surface area contributed by atoms with E-state index in [4.69, 9.17) is 5.26 Å². The van der Waals surface area contributed by atoms with Gasteiger partial charge in [0.05, 0.1) is 23.7 Å². The lowest BCUT2D eigenvalue weighted by molar-refractivity contribution is -0.138. The van der Waals surface area contributed by atoms with E-state index in [0.717, 1.165) is 18.2 Å². The second-order valence-corrected chi connectivity index (χ2v) is 5.77. The lowest BCUT2D eigenvalue weighted by atomic mass is 10.1. The van der Waals surface area contributed by atoms with Crippen molar-refractivity contribution in [2.75, 3.05) is 6.54 Å². The number of benzene rings is 2. The van der Waals surface area contributed by atoms with E-state index in [1.165, 1.54) is 12.1 Å². The highest BCUT2D eigenvalue weighted by Gasteiger charge is 2.33. The summed E-state index contributed by atoms with van der Waals surface area (Å²) in [4.78, 5) is 4.13. The monoisotopic (exact) mass is 396 g/mol. The molecule has 0 fully saturated rings. The Hall–Kier alpha value is -3.15. The van der Waals surface area contributed by atoms with Gasteiger partial charge in [-0.05, 0) is 42.8 Å². The minimum Gasteiger partial charge on any atom is -0.357 e. The Bertz CT molecular complexity index is 900. The number of halogens is 5. The largest absolute Gasteiger partial charge is 0.416 e. The zero-order valence-corrected chi connectivity index (χ0v) is 14.9. The summed E-state index contributed by atoms with van der Waals surface area (Å²) in [5.74, 6) is -1.37. The molecule has 0 heterocycles. The molecule has 9 heteroatoms. The van der Waals surface area contributed by atoms with Gasteiger partial charge in [0.15, 0.2) is 5.96 Å². The standard InChI is InChI=1S/C19H17F5N4/c1-2-26-18(28-11-14-7-12(9-25)3-6-17(14)21)27-10-13-4-5-15(20)8-16(13)19(22,23)24/h3-8H,2,10-11H2,1H3,(H2,26,27,28). The first kappa shape index (κ1) is 21.2. The normalized spacial score (nSPS) is 11.8. The van der Waals surface area contributed by atoms with Crippen LogP contribution in [0.15, 0.2) is 41.4 Å². The quantitative estimate of drug-likeness (QED) is 0.454. The van der Waals surface area contributed by atoms with Gasteiger partial charge in [0.1, 0.15) is 11.6 Å². The molecule has 0 atom stereocenters.